The van der Waals surface area contributed by atoms with Crippen LogP contribution < -0.4 is 19.5 Å². The van der Waals surface area contributed by atoms with Gasteiger partial charge in [-0.3, -0.25) is 4.79 Å². The van der Waals surface area contributed by atoms with E-state index < -0.39 is 29.4 Å². The van der Waals surface area contributed by atoms with Crippen LogP contribution in [0.4, 0.5) is 23.2 Å². The molecular weight excluding hydrogens is 520 g/mol. The number of aromatic amines is 1. The molecule has 0 aliphatic carbocycles. The Hall–Kier alpha value is -4.25. The first-order valence-corrected chi connectivity index (χ1v) is 11.8. The zero-order valence-electron chi connectivity index (χ0n) is 21.3. The molecule has 1 heterocycles. The van der Waals surface area contributed by atoms with E-state index in [1.54, 1.807) is 18.2 Å². The first-order valence-electron chi connectivity index (χ1n) is 11.8. The summed E-state index contributed by atoms with van der Waals surface area (Å²) in [5, 5.41) is 12.3. The third-order valence-electron chi connectivity index (χ3n) is 6.13. The summed E-state index contributed by atoms with van der Waals surface area (Å²) in [6.45, 7) is 1.30. The van der Waals surface area contributed by atoms with Gasteiger partial charge in [0.15, 0.2) is 5.78 Å². The summed E-state index contributed by atoms with van der Waals surface area (Å²) in [6, 6.07) is 9.09. The van der Waals surface area contributed by atoms with Crippen molar-refractivity contribution in [2.45, 2.75) is 19.1 Å². The van der Waals surface area contributed by atoms with E-state index in [9.17, 15) is 22.4 Å². The van der Waals surface area contributed by atoms with Gasteiger partial charge in [-0.1, -0.05) is 0 Å². The maximum atomic E-state index is 14.1. The molecule has 7 nitrogen and oxygen atoms in total. The Morgan fingerprint density at radius 2 is 1.79 bits per heavy atom. The van der Waals surface area contributed by atoms with Gasteiger partial charge in [0.05, 0.1) is 26.4 Å². The number of aromatic nitrogens is 1. The Morgan fingerprint density at radius 3 is 2.46 bits per heavy atom. The van der Waals surface area contributed by atoms with E-state index in [1.807, 2.05) is 0 Å². The molecule has 0 saturated heterocycles. The van der Waals surface area contributed by atoms with Crippen LogP contribution in [0.1, 0.15) is 33.1 Å². The lowest BCUT2D eigenvalue weighted by molar-refractivity contribution is -0.137. The quantitative estimate of drug-likeness (QED) is 0.166. The van der Waals surface area contributed by atoms with Crippen LogP contribution >= 0.6 is 0 Å². The average Bonchev–Trinajstić information content (AvgIpc) is 3.34. The number of ketones is 1. The molecule has 206 valence electrons. The van der Waals surface area contributed by atoms with Gasteiger partial charge < -0.3 is 29.6 Å². The number of aryl methyl sites for hydroxylation is 1. The summed E-state index contributed by atoms with van der Waals surface area (Å²) >= 11 is 0. The van der Waals surface area contributed by atoms with Crippen molar-refractivity contribution in [3.05, 3.63) is 82.8 Å². The number of Topliss-reactive ketones (excluding diaryl/α,β-unsaturated/α-hetero) is 1. The molecule has 11 heteroatoms. The molecule has 0 radical (unpaired) electrons. The molecule has 0 aliphatic heterocycles. The number of rotatable bonds is 10. The highest BCUT2D eigenvalue weighted by molar-refractivity contribution is 6.12. The summed E-state index contributed by atoms with van der Waals surface area (Å²) in [5.41, 5.74) is 0.436. The van der Waals surface area contributed by atoms with Crippen LogP contribution in [0.3, 0.4) is 0 Å². The lowest BCUT2D eigenvalue weighted by Gasteiger charge is -2.22. The summed E-state index contributed by atoms with van der Waals surface area (Å²) in [7, 11) is 2.75. The van der Waals surface area contributed by atoms with Crippen molar-refractivity contribution in [1.82, 2.24) is 4.98 Å². The lowest BCUT2D eigenvalue weighted by atomic mass is 9.94. The fraction of sp³-hybridized carbons (Fsp3) is 0.250. The number of aliphatic hydroxyl groups excluding tert-OH is 1. The number of H-pyrrole nitrogens is 1. The second-order valence-corrected chi connectivity index (χ2v) is 8.71. The average molecular weight is 547 g/mol. The molecule has 1 atom stereocenters. The largest absolute Gasteiger partial charge is 0.497 e. The third-order valence-corrected chi connectivity index (χ3v) is 6.13. The van der Waals surface area contributed by atoms with E-state index in [2.05, 4.69) is 10.3 Å². The molecule has 3 N–H and O–H groups in total. The number of methoxy groups -OCH3 is 2. The first-order chi connectivity index (χ1) is 18.5. The summed E-state index contributed by atoms with van der Waals surface area (Å²) in [5.74, 6) is -0.415. The van der Waals surface area contributed by atoms with Crippen molar-refractivity contribution in [2.24, 2.45) is 0 Å². The predicted octanol–water partition coefficient (Wildman–Crippen LogP) is 6.06. The van der Waals surface area contributed by atoms with Crippen molar-refractivity contribution in [2.75, 3.05) is 32.8 Å². The van der Waals surface area contributed by atoms with Crippen LogP contribution in [0.2, 0.25) is 0 Å². The standard InChI is InChI=1S/C28H26F4N2O5/c1-15-8-16(28(30,31)32)9-22-23(14-33-25(15)22)27(36)26(21-5-4-17(29)10-24(21)38-3)34-18-11-19(37-2)13-20(12-18)39-7-6-35/h4-5,8-14,26,33-35H,6-7H2,1-3H3. The minimum atomic E-state index is -4.61. The van der Waals surface area contributed by atoms with Crippen LogP contribution in [0.5, 0.6) is 17.2 Å². The molecule has 0 bridgehead atoms. The number of aliphatic hydroxyl groups is 1. The minimum Gasteiger partial charge on any atom is -0.497 e. The van der Waals surface area contributed by atoms with Crippen molar-refractivity contribution in [1.29, 1.82) is 0 Å². The molecule has 1 unspecified atom stereocenters. The van der Waals surface area contributed by atoms with E-state index in [0.29, 0.717) is 28.3 Å². The highest BCUT2D eigenvalue weighted by atomic mass is 19.4. The molecule has 0 saturated carbocycles. The molecule has 0 aliphatic rings. The highest BCUT2D eigenvalue weighted by Crippen LogP contribution is 2.38. The fourth-order valence-corrected chi connectivity index (χ4v) is 4.33. The van der Waals surface area contributed by atoms with Gasteiger partial charge in [-0.25, -0.2) is 4.39 Å². The number of carbonyl (C=O) groups is 1. The topological polar surface area (TPSA) is 92.8 Å². The SMILES string of the molecule is COc1cc(NC(C(=O)c2c[nH]c3c(C)cc(C(F)(F)F)cc23)c2ccc(F)cc2OC)cc(OCCO)c1. The van der Waals surface area contributed by atoms with Gasteiger partial charge in [0.1, 0.15) is 35.7 Å². The smallest absolute Gasteiger partial charge is 0.416 e. The van der Waals surface area contributed by atoms with Gasteiger partial charge >= 0.3 is 6.18 Å². The Labute approximate surface area is 221 Å². The molecule has 1 aromatic heterocycles. The summed E-state index contributed by atoms with van der Waals surface area (Å²) < 4.78 is 70.9. The maximum absolute atomic E-state index is 14.1. The van der Waals surface area contributed by atoms with Crippen LogP contribution in [-0.2, 0) is 6.18 Å². The minimum absolute atomic E-state index is 0.00253. The zero-order valence-corrected chi connectivity index (χ0v) is 21.3. The Balaban J connectivity index is 1.86. The molecule has 0 spiro atoms. The van der Waals surface area contributed by atoms with Crippen LogP contribution in [0.15, 0.2) is 54.7 Å². The number of anilines is 1. The van der Waals surface area contributed by atoms with Crippen LogP contribution in [0, 0.1) is 12.7 Å². The number of ether oxygens (including phenoxy) is 3. The fourth-order valence-electron chi connectivity index (χ4n) is 4.33. The van der Waals surface area contributed by atoms with E-state index >= 15 is 0 Å². The van der Waals surface area contributed by atoms with E-state index in [-0.39, 0.29) is 35.5 Å². The van der Waals surface area contributed by atoms with Gasteiger partial charge in [-0.2, -0.15) is 13.2 Å². The van der Waals surface area contributed by atoms with Gasteiger partial charge in [0.25, 0.3) is 0 Å². The summed E-state index contributed by atoms with van der Waals surface area (Å²) in [6.07, 6.45) is -3.26. The number of benzene rings is 3. The summed E-state index contributed by atoms with van der Waals surface area (Å²) in [4.78, 5) is 17.0. The second kappa shape index (κ2) is 11.2. The predicted molar refractivity (Wildman–Crippen MR) is 137 cm³/mol. The van der Waals surface area contributed by atoms with E-state index in [0.717, 1.165) is 24.3 Å². The van der Waals surface area contributed by atoms with Crippen LogP contribution in [0.25, 0.3) is 10.9 Å². The Morgan fingerprint density at radius 1 is 1.05 bits per heavy atom. The number of alkyl halides is 3. The lowest BCUT2D eigenvalue weighted by Crippen LogP contribution is -2.22. The molecule has 4 rings (SSSR count). The number of halogens is 4. The maximum Gasteiger partial charge on any atom is 0.416 e. The van der Waals surface area contributed by atoms with Gasteiger partial charge in [-0.05, 0) is 36.8 Å². The zero-order chi connectivity index (χ0) is 28.3. The van der Waals surface area contributed by atoms with Gasteiger partial charge in [0, 0.05) is 58.2 Å². The molecule has 4 aromatic rings. The van der Waals surface area contributed by atoms with Gasteiger partial charge in [0.2, 0.25) is 0 Å². The van der Waals surface area contributed by atoms with E-state index in [4.69, 9.17) is 19.3 Å². The molecule has 0 amide bonds. The normalized spacial score (nSPS) is 12.3. The van der Waals surface area contributed by atoms with Crippen molar-refractivity contribution < 1.29 is 41.7 Å². The monoisotopic (exact) mass is 546 g/mol. The number of nitrogens with one attached hydrogen (secondary N) is 2. The molecular formula is C28H26F4N2O5. The van der Waals surface area contributed by atoms with Crippen molar-refractivity contribution in [3.63, 3.8) is 0 Å². The van der Waals surface area contributed by atoms with Crippen molar-refractivity contribution in [3.8, 4) is 17.2 Å². The number of hydrogen-bond donors (Lipinski definition) is 3. The van der Waals surface area contributed by atoms with Gasteiger partial charge in [-0.15, -0.1) is 0 Å². The molecule has 0 fully saturated rings. The van der Waals surface area contributed by atoms with Crippen molar-refractivity contribution >= 4 is 22.4 Å². The van der Waals surface area contributed by atoms with Crippen LogP contribution in [-0.4, -0.2) is 43.3 Å². The Kier molecular flexibility index (Phi) is 8.01. The highest BCUT2D eigenvalue weighted by Gasteiger charge is 2.33. The molecule has 3 aromatic carbocycles. The number of hydrogen-bond acceptors (Lipinski definition) is 6. The number of carbonyl (C=O) groups excluding carboxylic acids is 1. The van der Waals surface area contributed by atoms with E-state index in [1.165, 1.54) is 33.4 Å². The third kappa shape index (κ3) is 5.93. The molecule has 39 heavy (non-hydrogen) atoms. The Bertz CT molecular complexity index is 1500. The first kappa shape index (κ1) is 27.8. The second-order valence-electron chi connectivity index (χ2n) is 8.71. The number of fused-ring (bicyclic) bond motifs is 1.